The lowest BCUT2D eigenvalue weighted by Crippen LogP contribution is -2.51. The fourth-order valence-corrected chi connectivity index (χ4v) is 3.12. The highest BCUT2D eigenvalue weighted by Crippen LogP contribution is 2.26. The SMILES string of the molecule is CC(C(=O)NC1CCCC(C(=O)N(C)C)C1)C1CNC1. The molecule has 114 valence electrons. The molecule has 0 aromatic carbocycles. The van der Waals surface area contributed by atoms with Gasteiger partial charge in [-0.3, -0.25) is 9.59 Å². The van der Waals surface area contributed by atoms with Crippen LogP contribution in [0.2, 0.25) is 0 Å². The van der Waals surface area contributed by atoms with Gasteiger partial charge in [-0.2, -0.15) is 0 Å². The molecule has 1 saturated carbocycles. The summed E-state index contributed by atoms with van der Waals surface area (Å²) in [6.07, 6.45) is 3.76. The molecule has 2 amide bonds. The normalized spacial score (nSPS) is 28.4. The van der Waals surface area contributed by atoms with Gasteiger partial charge in [0.1, 0.15) is 0 Å². The van der Waals surface area contributed by atoms with E-state index in [1.54, 1.807) is 19.0 Å². The van der Waals surface area contributed by atoms with E-state index in [1.165, 1.54) is 0 Å². The van der Waals surface area contributed by atoms with Crippen LogP contribution in [-0.4, -0.2) is 49.9 Å². The first-order valence-corrected chi connectivity index (χ1v) is 7.71. The van der Waals surface area contributed by atoms with Crippen molar-refractivity contribution in [3.63, 3.8) is 0 Å². The van der Waals surface area contributed by atoms with Crippen molar-refractivity contribution in [1.29, 1.82) is 0 Å². The van der Waals surface area contributed by atoms with Gasteiger partial charge in [-0.15, -0.1) is 0 Å². The summed E-state index contributed by atoms with van der Waals surface area (Å²) in [6.45, 7) is 3.90. The van der Waals surface area contributed by atoms with Crippen LogP contribution in [0.3, 0.4) is 0 Å². The summed E-state index contributed by atoms with van der Waals surface area (Å²) in [5.74, 6) is 0.961. The first-order chi connectivity index (χ1) is 9.49. The average molecular weight is 281 g/mol. The third kappa shape index (κ3) is 3.51. The standard InChI is InChI=1S/C15H27N3O2/c1-10(12-8-16-9-12)14(19)17-13-6-4-5-11(7-13)15(20)18(2)3/h10-13,16H,4-9H2,1-3H3,(H,17,19). The van der Waals surface area contributed by atoms with Crippen LogP contribution in [0.1, 0.15) is 32.6 Å². The van der Waals surface area contributed by atoms with Crippen LogP contribution < -0.4 is 10.6 Å². The van der Waals surface area contributed by atoms with Crippen LogP contribution in [0.25, 0.3) is 0 Å². The molecule has 1 saturated heterocycles. The molecule has 5 heteroatoms. The molecule has 3 unspecified atom stereocenters. The highest BCUT2D eigenvalue weighted by Gasteiger charge is 2.32. The zero-order valence-corrected chi connectivity index (χ0v) is 12.8. The van der Waals surface area contributed by atoms with Crippen LogP contribution in [-0.2, 0) is 9.59 Å². The van der Waals surface area contributed by atoms with Gasteiger partial charge in [0.15, 0.2) is 0 Å². The van der Waals surface area contributed by atoms with Crippen LogP contribution in [0.4, 0.5) is 0 Å². The van der Waals surface area contributed by atoms with Gasteiger partial charge in [-0.1, -0.05) is 13.3 Å². The molecule has 1 aliphatic heterocycles. The van der Waals surface area contributed by atoms with E-state index in [0.717, 1.165) is 38.8 Å². The number of carbonyl (C=O) groups excluding carboxylic acids is 2. The van der Waals surface area contributed by atoms with Crippen molar-refractivity contribution in [2.24, 2.45) is 17.8 Å². The lowest BCUT2D eigenvalue weighted by molar-refractivity contribution is -0.135. The second-order valence-corrected chi connectivity index (χ2v) is 6.51. The lowest BCUT2D eigenvalue weighted by Gasteiger charge is -2.34. The molecular formula is C15H27N3O2. The molecule has 2 aliphatic rings. The van der Waals surface area contributed by atoms with E-state index in [9.17, 15) is 9.59 Å². The van der Waals surface area contributed by atoms with Crippen molar-refractivity contribution in [3.8, 4) is 0 Å². The summed E-state index contributed by atoms with van der Waals surface area (Å²) in [7, 11) is 3.60. The molecule has 0 radical (unpaired) electrons. The topological polar surface area (TPSA) is 61.4 Å². The summed E-state index contributed by atoms with van der Waals surface area (Å²) in [6, 6.07) is 0.167. The van der Waals surface area contributed by atoms with Gasteiger partial charge in [0, 0.05) is 32.0 Å². The Hall–Kier alpha value is -1.10. The number of amides is 2. The third-order valence-electron chi connectivity index (χ3n) is 4.74. The minimum atomic E-state index is 0.0705. The van der Waals surface area contributed by atoms with Crippen LogP contribution in [0.5, 0.6) is 0 Å². The fraction of sp³-hybridized carbons (Fsp3) is 0.867. The number of hydrogen-bond donors (Lipinski definition) is 2. The minimum Gasteiger partial charge on any atom is -0.353 e. The number of nitrogens with one attached hydrogen (secondary N) is 2. The lowest BCUT2D eigenvalue weighted by atomic mass is 9.83. The Balaban J connectivity index is 1.83. The van der Waals surface area contributed by atoms with E-state index < -0.39 is 0 Å². The Kier molecular flexibility index (Phi) is 5.02. The van der Waals surface area contributed by atoms with Gasteiger partial charge < -0.3 is 15.5 Å². The highest BCUT2D eigenvalue weighted by atomic mass is 16.2. The van der Waals surface area contributed by atoms with E-state index >= 15 is 0 Å². The van der Waals surface area contributed by atoms with Crippen LogP contribution >= 0.6 is 0 Å². The van der Waals surface area contributed by atoms with Gasteiger partial charge in [-0.25, -0.2) is 0 Å². The quantitative estimate of drug-likeness (QED) is 0.793. The Morgan fingerprint density at radius 3 is 2.50 bits per heavy atom. The molecule has 0 spiro atoms. The minimum absolute atomic E-state index is 0.0705. The van der Waals surface area contributed by atoms with E-state index in [1.807, 2.05) is 6.92 Å². The van der Waals surface area contributed by atoms with Gasteiger partial charge >= 0.3 is 0 Å². The summed E-state index contributed by atoms with van der Waals surface area (Å²) in [5, 5.41) is 6.36. The second-order valence-electron chi connectivity index (χ2n) is 6.51. The van der Waals surface area contributed by atoms with Crippen molar-refractivity contribution in [1.82, 2.24) is 15.5 Å². The number of rotatable bonds is 4. The zero-order valence-electron chi connectivity index (χ0n) is 12.8. The van der Waals surface area contributed by atoms with Crippen molar-refractivity contribution in [3.05, 3.63) is 0 Å². The molecule has 1 heterocycles. The molecule has 0 aromatic heterocycles. The maximum atomic E-state index is 12.2. The molecule has 3 atom stereocenters. The highest BCUT2D eigenvalue weighted by molar-refractivity contribution is 5.80. The largest absolute Gasteiger partial charge is 0.353 e. The molecule has 0 bridgehead atoms. The van der Waals surface area contributed by atoms with Gasteiger partial charge in [0.25, 0.3) is 0 Å². The summed E-state index contributed by atoms with van der Waals surface area (Å²) >= 11 is 0. The zero-order chi connectivity index (χ0) is 14.7. The molecule has 1 aliphatic carbocycles. The van der Waals surface area contributed by atoms with E-state index in [0.29, 0.717) is 5.92 Å². The summed E-state index contributed by atoms with van der Waals surface area (Å²) in [4.78, 5) is 25.9. The summed E-state index contributed by atoms with van der Waals surface area (Å²) in [5.41, 5.74) is 0. The Bertz CT molecular complexity index is 366. The third-order valence-corrected chi connectivity index (χ3v) is 4.74. The Morgan fingerprint density at radius 2 is 1.95 bits per heavy atom. The predicted octanol–water partition coefficient (Wildman–Crippen LogP) is 0.605. The smallest absolute Gasteiger partial charge is 0.225 e. The molecular weight excluding hydrogens is 254 g/mol. The van der Waals surface area contributed by atoms with Gasteiger partial charge in [0.05, 0.1) is 0 Å². The molecule has 2 N–H and O–H groups in total. The van der Waals surface area contributed by atoms with Crippen molar-refractivity contribution in [2.75, 3.05) is 27.2 Å². The fourth-order valence-electron chi connectivity index (χ4n) is 3.12. The molecule has 5 nitrogen and oxygen atoms in total. The van der Waals surface area contributed by atoms with E-state index in [2.05, 4.69) is 10.6 Å². The van der Waals surface area contributed by atoms with E-state index in [4.69, 9.17) is 0 Å². The maximum absolute atomic E-state index is 12.2. The first-order valence-electron chi connectivity index (χ1n) is 7.71. The molecule has 20 heavy (non-hydrogen) atoms. The van der Waals surface area contributed by atoms with Crippen LogP contribution in [0, 0.1) is 17.8 Å². The number of nitrogens with zero attached hydrogens (tertiary/aromatic N) is 1. The maximum Gasteiger partial charge on any atom is 0.225 e. The first kappa shape index (κ1) is 15.3. The van der Waals surface area contributed by atoms with Crippen molar-refractivity contribution < 1.29 is 9.59 Å². The van der Waals surface area contributed by atoms with Crippen LogP contribution in [0.15, 0.2) is 0 Å². The van der Waals surface area contributed by atoms with Crippen molar-refractivity contribution in [2.45, 2.75) is 38.6 Å². The van der Waals surface area contributed by atoms with Gasteiger partial charge in [-0.05, 0) is 38.3 Å². The van der Waals surface area contributed by atoms with Gasteiger partial charge in [0.2, 0.25) is 11.8 Å². The molecule has 0 aromatic rings. The molecule has 2 rings (SSSR count). The van der Waals surface area contributed by atoms with Crippen molar-refractivity contribution >= 4 is 11.8 Å². The average Bonchev–Trinajstić information content (AvgIpc) is 2.35. The monoisotopic (exact) mass is 281 g/mol. The summed E-state index contributed by atoms with van der Waals surface area (Å²) < 4.78 is 0. The Labute approximate surface area is 121 Å². The number of hydrogen-bond acceptors (Lipinski definition) is 3. The van der Waals surface area contributed by atoms with E-state index in [-0.39, 0.29) is 29.7 Å². The predicted molar refractivity (Wildman–Crippen MR) is 78.1 cm³/mol. The number of carbonyl (C=O) groups is 2. The molecule has 2 fully saturated rings. The second kappa shape index (κ2) is 6.57. The Morgan fingerprint density at radius 1 is 1.25 bits per heavy atom.